The molecule has 0 saturated heterocycles. The van der Waals surface area contributed by atoms with E-state index < -0.39 is 12.8 Å². The van der Waals surface area contributed by atoms with Gasteiger partial charge in [0, 0.05) is 12.2 Å². The molecular formula is C14H18F3NO. The van der Waals surface area contributed by atoms with Crippen LogP contribution < -0.4 is 10.1 Å². The van der Waals surface area contributed by atoms with Crippen molar-refractivity contribution in [2.45, 2.75) is 26.4 Å². The molecule has 106 valence electrons. The molecule has 1 aromatic carbocycles. The second-order valence-electron chi connectivity index (χ2n) is 5.31. The van der Waals surface area contributed by atoms with Gasteiger partial charge in [-0.3, -0.25) is 0 Å². The van der Waals surface area contributed by atoms with E-state index in [1.165, 1.54) is 0 Å². The number of hydrogen-bond acceptors (Lipinski definition) is 2. The number of anilines is 1. The zero-order valence-electron chi connectivity index (χ0n) is 11.1. The first kappa shape index (κ1) is 14.0. The van der Waals surface area contributed by atoms with Crippen molar-refractivity contribution < 1.29 is 17.9 Å². The van der Waals surface area contributed by atoms with E-state index in [-0.39, 0.29) is 5.75 Å². The van der Waals surface area contributed by atoms with Gasteiger partial charge < -0.3 is 10.1 Å². The second-order valence-corrected chi connectivity index (χ2v) is 5.31. The third kappa shape index (κ3) is 3.78. The van der Waals surface area contributed by atoms with Crippen molar-refractivity contribution in [2.24, 2.45) is 11.8 Å². The minimum atomic E-state index is -4.30. The molecule has 1 aliphatic rings. The number of fused-ring (bicyclic) bond motifs is 1. The third-order valence-electron chi connectivity index (χ3n) is 3.46. The van der Waals surface area contributed by atoms with Gasteiger partial charge in [-0.15, -0.1) is 0 Å². The van der Waals surface area contributed by atoms with Crippen LogP contribution >= 0.6 is 0 Å². The number of alkyl halides is 3. The Morgan fingerprint density at radius 1 is 1.37 bits per heavy atom. The summed E-state index contributed by atoms with van der Waals surface area (Å²) in [7, 11) is 0. The first-order valence-corrected chi connectivity index (χ1v) is 6.41. The Bertz CT molecular complexity index is 443. The highest BCUT2D eigenvalue weighted by Gasteiger charge is 2.28. The van der Waals surface area contributed by atoms with Crippen LogP contribution in [0, 0.1) is 11.8 Å². The Hall–Kier alpha value is -1.39. The van der Waals surface area contributed by atoms with Crippen molar-refractivity contribution in [2.75, 3.05) is 18.5 Å². The Morgan fingerprint density at radius 2 is 2.11 bits per heavy atom. The fraction of sp³-hybridized carbons (Fsp3) is 0.571. The van der Waals surface area contributed by atoms with Gasteiger partial charge in [0.1, 0.15) is 5.75 Å². The summed E-state index contributed by atoms with van der Waals surface area (Å²) in [5.74, 6) is 1.33. The summed E-state index contributed by atoms with van der Waals surface area (Å²) in [5, 5.41) is 3.32. The number of benzene rings is 1. The number of rotatable bonds is 3. The van der Waals surface area contributed by atoms with Gasteiger partial charge in [0.15, 0.2) is 6.61 Å². The van der Waals surface area contributed by atoms with Gasteiger partial charge in [0.2, 0.25) is 0 Å². The molecule has 0 fully saturated rings. The molecule has 1 unspecified atom stereocenters. The molecular weight excluding hydrogens is 255 g/mol. The lowest BCUT2D eigenvalue weighted by atomic mass is 9.86. The van der Waals surface area contributed by atoms with Crippen molar-refractivity contribution in [3.63, 3.8) is 0 Å². The normalized spacial score (nSPS) is 18.9. The van der Waals surface area contributed by atoms with Gasteiger partial charge in [-0.05, 0) is 42.0 Å². The molecule has 0 spiro atoms. The molecule has 0 amide bonds. The van der Waals surface area contributed by atoms with Gasteiger partial charge >= 0.3 is 6.18 Å². The van der Waals surface area contributed by atoms with Crippen LogP contribution in [0.25, 0.3) is 0 Å². The van der Waals surface area contributed by atoms with Crippen LogP contribution in [0.1, 0.15) is 19.4 Å². The molecule has 0 radical (unpaired) electrons. The molecule has 0 aliphatic carbocycles. The summed E-state index contributed by atoms with van der Waals surface area (Å²) in [6, 6.07) is 5.08. The highest BCUT2D eigenvalue weighted by molar-refractivity contribution is 5.56. The van der Waals surface area contributed by atoms with E-state index in [1.54, 1.807) is 18.2 Å². The maximum absolute atomic E-state index is 12.1. The summed E-state index contributed by atoms with van der Waals surface area (Å²) in [6.07, 6.45) is -3.42. The van der Waals surface area contributed by atoms with E-state index in [1.807, 2.05) is 0 Å². The lowest BCUT2D eigenvalue weighted by Gasteiger charge is -2.29. The van der Waals surface area contributed by atoms with E-state index in [4.69, 9.17) is 4.74 Å². The van der Waals surface area contributed by atoms with Crippen molar-refractivity contribution in [3.8, 4) is 5.75 Å². The molecule has 2 rings (SSSR count). The first-order chi connectivity index (χ1) is 8.85. The zero-order chi connectivity index (χ0) is 14.0. The molecule has 1 N–H and O–H groups in total. The van der Waals surface area contributed by atoms with E-state index in [0.29, 0.717) is 11.8 Å². The number of nitrogens with one attached hydrogen (secondary N) is 1. The van der Waals surface area contributed by atoms with Gasteiger partial charge in [0.25, 0.3) is 0 Å². The van der Waals surface area contributed by atoms with Crippen molar-refractivity contribution in [3.05, 3.63) is 23.8 Å². The molecule has 1 aromatic rings. The molecule has 0 aromatic heterocycles. The van der Waals surface area contributed by atoms with Crippen LogP contribution in [0.15, 0.2) is 18.2 Å². The van der Waals surface area contributed by atoms with Crippen LogP contribution in [0.3, 0.4) is 0 Å². The van der Waals surface area contributed by atoms with Crippen LogP contribution in [-0.4, -0.2) is 19.3 Å². The van der Waals surface area contributed by atoms with E-state index in [2.05, 4.69) is 19.2 Å². The second kappa shape index (κ2) is 5.31. The smallest absolute Gasteiger partial charge is 0.422 e. The maximum Gasteiger partial charge on any atom is 0.422 e. The van der Waals surface area contributed by atoms with E-state index >= 15 is 0 Å². The Kier molecular flexibility index (Phi) is 3.92. The predicted octanol–water partition coefficient (Wildman–Crippen LogP) is 3.87. The quantitative estimate of drug-likeness (QED) is 0.902. The first-order valence-electron chi connectivity index (χ1n) is 6.41. The molecule has 1 atom stereocenters. The Labute approximate surface area is 111 Å². The molecule has 0 saturated carbocycles. The predicted molar refractivity (Wildman–Crippen MR) is 68.5 cm³/mol. The van der Waals surface area contributed by atoms with Gasteiger partial charge in [-0.1, -0.05) is 13.8 Å². The summed E-state index contributed by atoms with van der Waals surface area (Å²) < 4.78 is 41.1. The monoisotopic (exact) mass is 273 g/mol. The number of ether oxygens (including phenoxy) is 1. The van der Waals surface area contributed by atoms with Crippen LogP contribution in [0.5, 0.6) is 5.75 Å². The van der Waals surface area contributed by atoms with Crippen LogP contribution in [0.2, 0.25) is 0 Å². The summed E-state index contributed by atoms with van der Waals surface area (Å²) in [5.41, 5.74) is 2.03. The van der Waals surface area contributed by atoms with Crippen molar-refractivity contribution in [1.82, 2.24) is 0 Å². The van der Waals surface area contributed by atoms with Gasteiger partial charge in [0.05, 0.1) is 0 Å². The lowest BCUT2D eigenvalue weighted by Crippen LogP contribution is -2.27. The fourth-order valence-electron chi connectivity index (χ4n) is 2.23. The molecule has 2 nitrogen and oxygen atoms in total. The van der Waals surface area contributed by atoms with E-state index in [9.17, 15) is 13.2 Å². The molecule has 19 heavy (non-hydrogen) atoms. The highest BCUT2D eigenvalue weighted by atomic mass is 19.4. The molecule has 1 aliphatic heterocycles. The summed E-state index contributed by atoms with van der Waals surface area (Å²) in [6.45, 7) is 3.98. The summed E-state index contributed by atoms with van der Waals surface area (Å²) in [4.78, 5) is 0. The average molecular weight is 273 g/mol. The number of halogens is 3. The molecule has 5 heteroatoms. The molecule has 0 bridgehead atoms. The van der Waals surface area contributed by atoms with Gasteiger partial charge in [-0.2, -0.15) is 13.2 Å². The minimum Gasteiger partial charge on any atom is -0.484 e. The average Bonchev–Trinajstić information content (AvgIpc) is 2.34. The van der Waals surface area contributed by atoms with Crippen LogP contribution in [-0.2, 0) is 6.42 Å². The van der Waals surface area contributed by atoms with E-state index in [0.717, 1.165) is 24.2 Å². The van der Waals surface area contributed by atoms with Crippen LogP contribution in [0.4, 0.5) is 18.9 Å². The minimum absolute atomic E-state index is 0.280. The number of hydrogen-bond donors (Lipinski definition) is 1. The topological polar surface area (TPSA) is 21.3 Å². The van der Waals surface area contributed by atoms with Gasteiger partial charge in [-0.25, -0.2) is 0 Å². The maximum atomic E-state index is 12.1. The summed E-state index contributed by atoms with van der Waals surface area (Å²) >= 11 is 0. The Balaban J connectivity index is 2.08. The lowest BCUT2D eigenvalue weighted by molar-refractivity contribution is -0.153. The fourth-order valence-corrected chi connectivity index (χ4v) is 2.23. The molecule has 1 heterocycles. The third-order valence-corrected chi connectivity index (χ3v) is 3.46. The SMILES string of the molecule is CC(C)C1CNc2ccc(OCC(F)(F)F)cc2C1. The standard InChI is InChI=1S/C14H18F3NO/c1-9(2)11-5-10-6-12(19-8-14(15,16)17)3-4-13(10)18-7-11/h3-4,6,9,11,18H,5,7-8H2,1-2H3. The van der Waals surface area contributed by atoms with Crippen molar-refractivity contribution >= 4 is 5.69 Å². The largest absolute Gasteiger partial charge is 0.484 e. The highest BCUT2D eigenvalue weighted by Crippen LogP contribution is 2.31. The van der Waals surface area contributed by atoms with Crippen molar-refractivity contribution in [1.29, 1.82) is 0 Å². The zero-order valence-corrected chi connectivity index (χ0v) is 11.1. The Morgan fingerprint density at radius 3 is 2.74 bits per heavy atom.